The molecule has 0 aliphatic carbocycles. The molecule has 1 aliphatic rings. The van der Waals surface area contributed by atoms with Crippen molar-refractivity contribution in [3.8, 4) is 0 Å². The molecule has 1 heterocycles. The Bertz CT molecular complexity index is 1020. The van der Waals surface area contributed by atoms with Gasteiger partial charge in [-0.25, -0.2) is 8.42 Å². The van der Waals surface area contributed by atoms with Gasteiger partial charge in [0.1, 0.15) is 0 Å². The first-order valence-electron chi connectivity index (χ1n) is 9.66. The fourth-order valence-electron chi connectivity index (χ4n) is 3.40. The quantitative estimate of drug-likeness (QED) is 0.708. The van der Waals surface area contributed by atoms with E-state index in [1.54, 1.807) is 18.2 Å². The summed E-state index contributed by atoms with van der Waals surface area (Å²) in [4.78, 5) is 23.6. The van der Waals surface area contributed by atoms with Crippen LogP contribution in [0.4, 0.5) is 5.69 Å². The van der Waals surface area contributed by atoms with Gasteiger partial charge in [-0.2, -0.15) is 4.31 Å². The molecule has 9 heteroatoms. The first kappa shape index (κ1) is 22.3. The fraction of sp³-hybridized carbons (Fsp3) is 0.333. The van der Waals surface area contributed by atoms with E-state index in [1.807, 2.05) is 18.2 Å². The summed E-state index contributed by atoms with van der Waals surface area (Å²) in [5.41, 5.74) is 1.31. The van der Waals surface area contributed by atoms with Crippen LogP contribution in [0.15, 0.2) is 53.4 Å². The van der Waals surface area contributed by atoms with Gasteiger partial charge in [0.2, 0.25) is 21.8 Å². The Kier molecular flexibility index (Phi) is 7.12. The molecule has 0 atom stereocenters. The molecular weight excluding hydrogens is 426 g/mol. The van der Waals surface area contributed by atoms with E-state index in [-0.39, 0.29) is 29.2 Å². The van der Waals surface area contributed by atoms with Gasteiger partial charge >= 0.3 is 0 Å². The SMILES string of the molecule is CC(=O)Nc1ccc(S(=O)(=O)N2CCC(NC(=O)Cc3ccccc3Cl)CC2)cc1. The first-order chi connectivity index (χ1) is 14.3. The van der Waals surface area contributed by atoms with Crippen molar-refractivity contribution in [1.82, 2.24) is 9.62 Å². The van der Waals surface area contributed by atoms with Gasteiger partial charge in [0.25, 0.3) is 0 Å². The van der Waals surface area contributed by atoms with Crippen molar-refractivity contribution in [2.75, 3.05) is 18.4 Å². The minimum Gasteiger partial charge on any atom is -0.353 e. The van der Waals surface area contributed by atoms with Crippen LogP contribution in [0.3, 0.4) is 0 Å². The van der Waals surface area contributed by atoms with Gasteiger partial charge in [-0.15, -0.1) is 0 Å². The predicted molar refractivity (Wildman–Crippen MR) is 116 cm³/mol. The number of piperidine rings is 1. The summed E-state index contributed by atoms with van der Waals surface area (Å²) in [6.07, 6.45) is 1.27. The van der Waals surface area contributed by atoms with Crippen LogP contribution in [0.2, 0.25) is 5.02 Å². The molecule has 0 radical (unpaired) electrons. The van der Waals surface area contributed by atoms with Gasteiger partial charge in [0.05, 0.1) is 11.3 Å². The van der Waals surface area contributed by atoms with Crippen molar-refractivity contribution >= 4 is 39.1 Å². The van der Waals surface area contributed by atoms with Crippen LogP contribution in [-0.2, 0) is 26.0 Å². The summed E-state index contributed by atoms with van der Waals surface area (Å²) in [5, 5.41) is 6.14. The zero-order chi connectivity index (χ0) is 21.7. The molecule has 0 spiro atoms. The summed E-state index contributed by atoms with van der Waals surface area (Å²) in [5.74, 6) is -0.345. The van der Waals surface area contributed by atoms with E-state index in [0.717, 1.165) is 5.56 Å². The summed E-state index contributed by atoms with van der Waals surface area (Å²) in [6, 6.07) is 13.2. The molecular formula is C21H24ClN3O4S. The van der Waals surface area contributed by atoms with Crippen molar-refractivity contribution in [3.63, 3.8) is 0 Å². The number of nitrogens with zero attached hydrogens (tertiary/aromatic N) is 1. The number of amides is 2. The molecule has 0 unspecified atom stereocenters. The van der Waals surface area contributed by atoms with Gasteiger partial charge in [-0.05, 0) is 48.7 Å². The monoisotopic (exact) mass is 449 g/mol. The third-order valence-corrected chi connectivity index (χ3v) is 7.22. The van der Waals surface area contributed by atoms with Crippen molar-refractivity contribution in [2.45, 2.75) is 37.1 Å². The zero-order valence-corrected chi connectivity index (χ0v) is 18.2. The average Bonchev–Trinajstić information content (AvgIpc) is 2.70. The van der Waals surface area contributed by atoms with Crippen LogP contribution < -0.4 is 10.6 Å². The molecule has 0 aromatic heterocycles. The first-order valence-corrected chi connectivity index (χ1v) is 11.5. The molecule has 2 N–H and O–H groups in total. The second-order valence-corrected chi connectivity index (χ2v) is 9.56. The Labute approximate surface area is 181 Å². The van der Waals surface area contributed by atoms with Crippen LogP contribution in [-0.4, -0.2) is 43.7 Å². The van der Waals surface area contributed by atoms with Crippen molar-refractivity contribution < 1.29 is 18.0 Å². The molecule has 0 saturated carbocycles. The maximum Gasteiger partial charge on any atom is 0.243 e. The molecule has 2 aromatic rings. The molecule has 7 nitrogen and oxygen atoms in total. The minimum atomic E-state index is -3.62. The molecule has 2 aromatic carbocycles. The highest BCUT2D eigenvalue weighted by Crippen LogP contribution is 2.22. The van der Waals surface area contributed by atoms with Crippen molar-refractivity contribution in [1.29, 1.82) is 0 Å². The van der Waals surface area contributed by atoms with E-state index < -0.39 is 10.0 Å². The number of carbonyl (C=O) groups excluding carboxylic acids is 2. The lowest BCUT2D eigenvalue weighted by molar-refractivity contribution is -0.121. The summed E-state index contributed by atoms with van der Waals surface area (Å²) >= 11 is 6.10. The highest BCUT2D eigenvalue weighted by Gasteiger charge is 2.30. The maximum absolute atomic E-state index is 12.9. The van der Waals surface area contributed by atoms with E-state index >= 15 is 0 Å². The van der Waals surface area contributed by atoms with Gasteiger partial charge in [0, 0.05) is 36.8 Å². The molecule has 3 rings (SSSR count). The van der Waals surface area contributed by atoms with Crippen LogP contribution in [0.25, 0.3) is 0 Å². The summed E-state index contributed by atoms with van der Waals surface area (Å²) in [6.45, 7) is 2.04. The second-order valence-electron chi connectivity index (χ2n) is 7.22. The van der Waals surface area contributed by atoms with E-state index in [4.69, 9.17) is 11.6 Å². The molecule has 1 saturated heterocycles. The second kappa shape index (κ2) is 9.59. The van der Waals surface area contributed by atoms with Gasteiger partial charge < -0.3 is 10.6 Å². The van der Waals surface area contributed by atoms with E-state index in [9.17, 15) is 18.0 Å². The van der Waals surface area contributed by atoms with E-state index in [2.05, 4.69) is 10.6 Å². The smallest absolute Gasteiger partial charge is 0.243 e. The third-order valence-electron chi connectivity index (χ3n) is 4.94. The van der Waals surface area contributed by atoms with Crippen LogP contribution in [0.1, 0.15) is 25.3 Å². The Morgan fingerprint density at radius 2 is 1.70 bits per heavy atom. The Morgan fingerprint density at radius 3 is 2.30 bits per heavy atom. The number of hydrogen-bond acceptors (Lipinski definition) is 4. The van der Waals surface area contributed by atoms with E-state index in [0.29, 0.717) is 36.6 Å². The largest absolute Gasteiger partial charge is 0.353 e. The van der Waals surface area contributed by atoms with Crippen molar-refractivity contribution in [2.24, 2.45) is 0 Å². The number of hydrogen-bond donors (Lipinski definition) is 2. The third kappa shape index (κ3) is 5.59. The summed E-state index contributed by atoms with van der Waals surface area (Å²) < 4.78 is 27.2. The molecule has 160 valence electrons. The number of halogens is 1. The maximum atomic E-state index is 12.9. The van der Waals surface area contributed by atoms with E-state index in [1.165, 1.54) is 23.4 Å². The topological polar surface area (TPSA) is 95.6 Å². The number of nitrogens with one attached hydrogen (secondary N) is 2. The molecule has 30 heavy (non-hydrogen) atoms. The van der Waals surface area contributed by atoms with Gasteiger partial charge in [0.15, 0.2) is 0 Å². The lowest BCUT2D eigenvalue weighted by atomic mass is 10.1. The van der Waals surface area contributed by atoms with Gasteiger partial charge in [-0.1, -0.05) is 29.8 Å². The molecule has 1 aliphatic heterocycles. The molecule has 2 amide bonds. The highest BCUT2D eigenvalue weighted by molar-refractivity contribution is 7.89. The highest BCUT2D eigenvalue weighted by atomic mass is 35.5. The Morgan fingerprint density at radius 1 is 1.07 bits per heavy atom. The molecule has 1 fully saturated rings. The Balaban J connectivity index is 1.54. The predicted octanol–water partition coefficient (Wildman–Crippen LogP) is 2.81. The lowest BCUT2D eigenvalue weighted by Crippen LogP contribution is -2.46. The molecule has 0 bridgehead atoms. The van der Waals surface area contributed by atoms with Crippen LogP contribution in [0.5, 0.6) is 0 Å². The summed E-state index contributed by atoms with van der Waals surface area (Å²) in [7, 11) is -3.62. The number of sulfonamides is 1. The fourth-order valence-corrected chi connectivity index (χ4v) is 5.07. The van der Waals surface area contributed by atoms with Crippen molar-refractivity contribution in [3.05, 3.63) is 59.1 Å². The number of carbonyl (C=O) groups is 2. The lowest BCUT2D eigenvalue weighted by Gasteiger charge is -2.31. The average molecular weight is 450 g/mol. The normalized spacial score (nSPS) is 15.5. The zero-order valence-electron chi connectivity index (χ0n) is 16.6. The number of benzene rings is 2. The number of anilines is 1. The Hall–Kier alpha value is -2.42. The van der Waals surface area contributed by atoms with Crippen LogP contribution in [0, 0.1) is 0 Å². The number of rotatable bonds is 6. The van der Waals surface area contributed by atoms with Gasteiger partial charge in [-0.3, -0.25) is 9.59 Å². The standard InChI is InChI=1S/C21H24ClN3O4S/c1-15(26)23-17-6-8-19(9-7-17)30(28,29)25-12-10-18(11-13-25)24-21(27)14-16-4-2-3-5-20(16)22/h2-9,18H,10-14H2,1H3,(H,23,26)(H,24,27). The minimum absolute atomic E-state index is 0.0754. The van der Waals surface area contributed by atoms with Crippen LogP contribution >= 0.6 is 11.6 Å².